The van der Waals surface area contributed by atoms with Crippen molar-refractivity contribution < 1.29 is 9.84 Å². The molecule has 0 saturated carbocycles. The lowest BCUT2D eigenvalue weighted by molar-refractivity contribution is 0.0184. The fourth-order valence-corrected chi connectivity index (χ4v) is 3.11. The van der Waals surface area contributed by atoms with E-state index in [0.717, 1.165) is 45.9 Å². The van der Waals surface area contributed by atoms with Crippen LogP contribution < -0.4 is 0 Å². The Morgan fingerprint density at radius 3 is 2.84 bits per heavy atom. The number of aromatic hydroxyl groups is 1. The van der Waals surface area contributed by atoms with Gasteiger partial charge in [0, 0.05) is 38.8 Å². The number of rotatable bonds is 3. The Labute approximate surface area is 114 Å². The van der Waals surface area contributed by atoms with E-state index in [1.807, 2.05) is 12.1 Å². The van der Waals surface area contributed by atoms with Gasteiger partial charge in [0.15, 0.2) is 0 Å². The van der Waals surface area contributed by atoms with E-state index in [0.29, 0.717) is 11.8 Å². The van der Waals surface area contributed by atoms with Crippen LogP contribution in [0.3, 0.4) is 0 Å². The number of benzene rings is 1. The summed E-state index contributed by atoms with van der Waals surface area (Å²) in [5.41, 5.74) is 1.20. The van der Waals surface area contributed by atoms with Crippen molar-refractivity contribution >= 4 is 0 Å². The van der Waals surface area contributed by atoms with Crippen molar-refractivity contribution in [2.45, 2.75) is 19.0 Å². The van der Waals surface area contributed by atoms with Crippen molar-refractivity contribution in [1.82, 2.24) is 9.80 Å². The molecular formula is C15H22N2O2. The van der Waals surface area contributed by atoms with Crippen LogP contribution in [0.15, 0.2) is 24.3 Å². The van der Waals surface area contributed by atoms with Crippen molar-refractivity contribution in [3.05, 3.63) is 29.8 Å². The second-order valence-electron chi connectivity index (χ2n) is 5.50. The summed E-state index contributed by atoms with van der Waals surface area (Å²) in [6.45, 7) is 7.13. The van der Waals surface area contributed by atoms with Gasteiger partial charge in [-0.15, -0.1) is 0 Å². The molecule has 0 aromatic heterocycles. The second kappa shape index (κ2) is 5.90. The Bertz CT molecular complexity index is 418. The monoisotopic (exact) mass is 262 g/mol. The number of hydrogen-bond acceptors (Lipinski definition) is 4. The lowest BCUT2D eigenvalue weighted by atomic mass is 10.2. The first-order valence-electron chi connectivity index (χ1n) is 7.13. The smallest absolute Gasteiger partial charge is 0.115 e. The minimum absolute atomic E-state index is 0.362. The van der Waals surface area contributed by atoms with Gasteiger partial charge in [-0.3, -0.25) is 9.80 Å². The first kappa shape index (κ1) is 12.9. The molecule has 4 nitrogen and oxygen atoms in total. The first-order chi connectivity index (χ1) is 9.31. The fourth-order valence-electron chi connectivity index (χ4n) is 3.11. The van der Waals surface area contributed by atoms with Crippen LogP contribution in [-0.2, 0) is 11.3 Å². The van der Waals surface area contributed by atoms with E-state index in [-0.39, 0.29) is 0 Å². The predicted octanol–water partition coefficient (Wildman–Crippen LogP) is 1.30. The molecule has 1 N–H and O–H groups in total. The summed E-state index contributed by atoms with van der Waals surface area (Å²) in [5.74, 6) is 0.362. The first-order valence-corrected chi connectivity index (χ1v) is 7.13. The second-order valence-corrected chi connectivity index (χ2v) is 5.50. The summed E-state index contributed by atoms with van der Waals surface area (Å²) >= 11 is 0. The molecule has 0 aliphatic carbocycles. The highest BCUT2D eigenvalue weighted by Gasteiger charge is 2.28. The molecule has 2 aliphatic rings. The highest BCUT2D eigenvalue weighted by Crippen LogP contribution is 2.20. The number of ether oxygens (including phenoxy) is 1. The zero-order chi connectivity index (χ0) is 13.1. The maximum absolute atomic E-state index is 9.50. The maximum atomic E-state index is 9.50. The van der Waals surface area contributed by atoms with Crippen LogP contribution >= 0.6 is 0 Å². The maximum Gasteiger partial charge on any atom is 0.115 e. The Morgan fingerprint density at radius 2 is 2.05 bits per heavy atom. The van der Waals surface area contributed by atoms with Gasteiger partial charge >= 0.3 is 0 Å². The van der Waals surface area contributed by atoms with Gasteiger partial charge < -0.3 is 9.84 Å². The summed E-state index contributed by atoms with van der Waals surface area (Å²) in [6, 6.07) is 8.27. The van der Waals surface area contributed by atoms with Crippen LogP contribution in [0.4, 0.5) is 0 Å². The number of nitrogens with zero attached hydrogens (tertiary/aromatic N) is 2. The van der Waals surface area contributed by atoms with Crippen LogP contribution in [0.1, 0.15) is 12.0 Å². The Morgan fingerprint density at radius 1 is 1.21 bits per heavy atom. The summed E-state index contributed by atoms with van der Waals surface area (Å²) < 4.78 is 5.41. The molecule has 1 unspecified atom stereocenters. The quantitative estimate of drug-likeness (QED) is 0.890. The molecule has 2 fully saturated rings. The Hall–Kier alpha value is -1.10. The molecule has 1 atom stereocenters. The van der Waals surface area contributed by atoms with Gasteiger partial charge in [0.1, 0.15) is 5.75 Å². The third kappa shape index (κ3) is 3.26. The van der Waals surface area contributed by atoms with Crippen LogP contribution in [0.5, 0.6) is 5.75 Å². The average Bonchev–Trinajstić information content (AvgIpc) is 2.88. The Kier molecular flexibility index (Phi) is 4.01. The number of morpholine rings is 1. The zero-order valence-electron chi connectivity index (χ0n) is 11.3. The summed E-state index contributed by atoms with van der Waals surface area (Å²) in [4.78, 5) is 5.04. The largest absolute Gasteiger partial charge is 0.508 e. The van der Waals surface area contributed by atoms with E-state index in [2.05, 4.69) is 15.9 Å². The van der Waals surface area contributed by atoms with Crippen molar-refractivity contribution in [2.24, 2.45) is 0 Å². The summed E-state index contributed by atoms with van der Waals surface area (Å²) in [5, 5.41) is 9.50. The minimum atomic E-state index is 0.362. The van der Waals surface area contributed by atoms with Crippen molar-refractivity contribution in [2.75, 3.05) is 39.4 Å². The molecule has 2 heterocycles. The van der Waals surface area contributed by atoms with Crippen molar-refractivity contribution in [3.63, 3.8) is 0 Å². The SMILES string of the molecule is Oc1cccc(CN2CCC(N3CCOCC3)C2)c1. The van der Waals surface area contributed by atoms with Gasteiger partial charge in [0.05, 0.1) is 13.2 Å². The molecule has 0 radical (unpaired) electrons. The van der Waals surface area contributed by atoms with Crippen LogP contribution in [-0.4, -0.2) is 60.3 Å². The highest BCUT2D eigenvalue weighted by molar-refractivity contribution is 5.27. The van der Waals surface area contributed by atoms with E-state index >= 15 is 0 Å². The normalized spacial score (nSPS) is 25.8. The summed E-state index contributed by atoms with van der Waals surface area (Å²) in [6.07, 6.45) is 1.25. The molecule has 0 bridgehead atoms. The molecule has 2 aliphatic heterocycles. The van der Waals surface area contributed by atoms with Gasteiger partial charge in [0.25, 0.3) is 0 Å². The van der Waals surface area contributed by atoms with Crippen LogP contribution in [0.2, 0.25) is 0 Å². The molecule has 3 rings (SSSR count). The zero-order valence-corrected chi connectivity index (χ0v) is 11.3. The molecule has 1 aromatic carbocycles. The average molecular weight is 262 g/mol. The van der Waals surface area contributed by atoms with Crippen molar-refractivity contribution in [1.29, 1.82) is 0 Å². The number of hydrogen-bond donors (Lipinski definition) is 1. The van der Waals surface area contributed by atoms with Gasteiger partial charge in [-0.1, -0.05) is 12.1 Å². The van der Waals surface area contributed by atoms with E-state index in [4.69, 9.17) is 4.74 Å². The predicted molar refractivity (Wildman–Crippen MR) is 74.2 cm³/mol. The Balaban J connectivity index is 1.54. The van der Waals surface area contributed by atoms with Gasteiger partial charge in [0.2, 0.25) is 0 Å². The third-order valence-electron chi connectivity index (χ3n) is 4.13. The molecule has 2 saturated heterocycles. The topological polar surface area (TPSA) is 35.9 Å². The van der Waals surface area contributed by atoms with E-state index in [9.17, 15) is 5.11 Å². The lowest BCUT2D eigenvalue weighted by Crippen LogP contribution is -2.44. The molecule has 19 heavy (non-hydrogen) atoms. The lowest BCUT2D eigenvalue weighted by Gasteiger charge is -2.32. The third-order valence-corrected chi connectivity index (χ3v) is 4.13. The van der Waals surface area contributed by atoms with Gasteiger partial charge in [-0.25, -0.2) is 0 Å². The summed E-state index contributed by atoms with van der Waals surface area (Å²) in [7, 11) is 0. The molecule has 4 heteroatoms. The van der Waals surface area contributed by atoms with Gasteiger partial charge in [-0.2, -0.15) is 0 Å². The molecule has 0 amide bonds. The minimum Gasteiger partial charge on any atom is -0.508 e. The van der Waals surface area contributed by atoms with E-state index in [1.165, 1.54) is 12.0 Å². The van der Waals surface area contributed by atoms with Crippen LogP contribution in [0.25, 0.3) is 0 Å². The molecule has 0 spiro atoms. The standard InChI is InChI=1S/C15H22N2O2/c18-15-3-1-2-13(10-15)11-16-5-4-14(12-16)17-6-8-19-9-7-17/h1-3,10,14,18H,4-9,11-12H2. The van der Waals surface area contributed by atoms with Gasteiger partial charge in [-0.05, 0) is 24.1 Å². The van der Waals surface area contributed by atoms with Crippen LogP contribution in [0, 0.1) is 0 Å². The molecule has 104 valence electrons. The van der Waals surface area contributed by atoms with Crippen molar-refractivity contribution in [3.8, 4) is 5.75 Å². The number of phenols is 1. The highest BCUT2D eigenvalue weighted by atomic mass is 16.5. The van der Waals surface area contributed by atoms with E-state index < -0.39 is 0 Å². The van der Waals surface area contributed by atoms with E-state index in [1.54, 1.807) is 6.07 Å². The number of likely N-dealkylation sites (tertiary alicyclic amines) is 1. The molecule has 1 aromatic rings. The fraction of sp³-hybridized carbons (Fsp3) is 0.600. The molecular weight excluding hydrogens is 240 g/mol. The number of phenolic OH excluding ortho intramolecular Hbond substituents is 1.